The number of piperidine rings is 1. The van der Waals surface area contributed by atoms with Gasteiger partial charge in [-0.15, -0.1) is 0 Å². The molecule has 0 unspecified atom stereocenters. The summed E-state index contributed by atoms with van der Waals surface area (Å²) >= 11 is 0. The number of halogens is 1. The lowest BCUT2D eigenvalue weighted by Crippen LogP contribution is -2.29. The SMILES string of the molecule is O=C(N/N=C\c1ccc(N2CCCCC2)cc1)c1ccc(F)cc1. The number of carbonyl (C=O) groups is 1. The van der Waals surface area contributed by atoms with Gasteiger partial charge >= 0.3 is 0 Å². The maximum atomic E-state index is 12.8. The van der Waals surface area contributed by atoms with E-state index in [1.165, 1.54) is 49.2 Å². The molecule has 0 aromatic heterocycles. The van der Waals surface area contributed by atoms with Crippen LogP contribution >= 0.6 is 0 Å². The Kier molecular flexibility index (Phi) is 5.21. The summed E-state index contributed by atoms with van der Waals surface area (Å²) in [7, 11) is 0. The topological polar surface area (TPSA) is 44.7 Å². The van der Waals surface area contributed by atoms with E-state index >= 15 is 0 Å². The summed E-state index contributed by atoms with van der Waals surface area (Å²) in [6, 6.07) is 13.5. The van der Waals surface area contributed by atoms with Crippen LogP contribution in [0.1, 0.15) is 35.2 Å². The first-order valence-electron chi connectivity index (χ1n) is 8.16. The van der Waals surface area contributed by atoms with Crippen molar-refractivity contribution in [2.24, 2.45) is 5.10 Å². The number of nitrogens with zero attached hydrogens (tertiary/aromatic N) is 2. The molecule has 5 heteroatoms. The summed E-state index contributed by atoms with van der Waals surface area (Å²) in [4.78, 5) is 14.2. The van der Waals surface area contributed by atoms with Gasteiger partial charge < -0.3 is 4.90 Å². The molecule has 1 heterocycles. The number of carbonyl (C=O) groups excluding carboxylic acids is 1. The van der Waals surface area contributed by atoms with Crippen molar-refractivity contribution in [2.45, 2.75) is 19.3 Å². The Hall–Kier alpha value is -2.69. The van der Waals surface area contributed by atoms with Crippen LogP contribution in [-0.4, -0.2) is 25.2 Å². The number of amides is 1. The summed E-state index contributed by atoms with van der Waals surface area (Å²) in [5.41, 5.74) is 4.95. The molecule has 3 rings (SSSR count). The summed E-state index contributed by atoms with van der Waals surface area (Å²) in [5, 5.41) is 3.95. The van der Waals surface area contributed by atoms with Crippen LogP contribution in [0.3, 0.4) is 0 Å². The van der Waals surface area contributed by atoms with Gasteiger partial charge in [0.15, 0.2) is 0 Å². The van der Waals surface area contributed by atoms with Crippen LogP contribution in [0.2, 0.25) is 0 Å². The van der Waals surface area contributed by atoms with E-state index in [1.807, 2.05) is 12.1 Å². The molecule has 1 N–H and O–H groups in total. The molecule has 1 aliphatic heterocycles. The molecule has 1 fully saturated rings. The van der Waals surface area contributed by atoms with E-state index in [2.05, 4.69) is 27.6 Å². The zero-order valence-corrected chi connectivity index (χ0v) is 13.4. The van der Waals surface area contributed by atoms with E-state index in [1.54, 1.807) is 6.21 Å². The molecule has 0 saturated carbocycles. The lowest BCUT2D eigenvalue weighted by atomic mass is 10.1. The molecule has 1 saturated heterocycles. The highest BCUT2D eigenvalue weighted by Crippen LogP contribution is 2.19. The molecule has 2 aromatic rings. The fourth-order valence-electron chi connectivity index (χ4n) is 2.75. The third kappa shape index (κ3) is 4.19. The minimum absolute atomic E-state index is 0.365. The number of anilines is 1. The summed E-state index contributed by atoms with van der Waals surface area (Å²) < 4.78 is 12.8. The second-order valence-electron chi connectivity index (χ2n) is 5.85. The molecule has 1 amide bonds. The van der Waals surface area contributed by atoms with Gasteiger partial charge in [-0.1, -0.05) is 12.1 Å². The van der Waals surface area contributed by atoms with Crippen molar-refractivity contribution in [3.63, 3.8) is 0 Å². The van der Waals surface area contributed by atoms with Crippen LogP contribution in [0.5, 0.6) is 0 Å². The van der Waals surface area contributed by atoms with Crippen LogP contribution in [0, 0.1) is 5.82 Å². The van der Waals surface area contributed by atoms with Crippen molar-refractivity contribution >= 4 is 17.8 Å². The molecule has 24 heavy (non-hydrogen) atoms. The fourth-order valence-corrected chi connectivity index (χ4v) is 2.75. The first kappa shape index (κ1) is 16.2. The Morgan fingerprint density at radius 3 is 2.33 bits per heavy atom. The van der Waals surface area contributed by atoms with Gasteiger partial charge in [-0.2, -0.15) is 5.10 Å². The number of rotatable bonds is 4. The smallest absolute Gasteiger partial charge is 0.271 e. The van der Waals surface area contributed by atoms with E-state index in [0.29, 0.717) is 5.56 Å². The summed E-state index contributed by atoms with van der Waals surface area (Å²) in [6.45, 7) is 2.22. The highest BCUT2D eigenvalue weighted by atomic mass is 19.1. The average molecular weight is 325 g/mol. The quantitative estimate of drug-likeness (QED) is 0.690. The Morgan fingerprint density at radius 2 is 1.67 bits per heavy atom. The number of hydrogen-bond acceptors (Lipinski definition) is 3. The van der Waals surface area contributed by atoms with E-state index in [0.717, 1.165) is 18.7 Å². The van der Waals surface area contributed by atoms with Crippen molar-refractivity contribution in [3.8, 4) is 0 Å². The van der Waals surface area contributed by atoms with Gasteiger partial charge in [0.25, 0.3) is 5.91 Å². The number of hydrazone groups is 1. The molecule has 1 aliphatic rings. The fraction of sp³-hybridized carbons (Fsp3) is 0.263. The third-order valence-corrected chi connectivity index (χ3v) is 4.10. The van der Waals surface area contributed by atoms with Crippen LogP contribution in [0.25, 0.3) is 0 Å². The van der Waals surface area contributed by atoms with Crippen molar-refractivity contribution in [3.05, 3.63) is 65.5 Å². The molecule has 4 nitrogen and oxygen atoms in total. The first-order valence-corrected chi connectivity index (χ1v) is 8.16. The van der Waals surface area contributed by atoms with Crippen molar-refractivity contribution in [2.75, 3.05) is 18.0 Å². The first-order chi connectivity index (χ1) is 11.7. The number of nitrogens with one attached hydrogen (secondary N) is 1. The van der Waals surface area contributed by atoms with Crippen molar-refractivity contribution in [1.29, 1.82) is 0 Å². The maximum Gasteiger partial charge on any atom is 0.271 e. The Morgan fingerprint density at radius 1 is 1.00 bits per heavy atom. The largest absolute Gasteiger partial charge is 0.372 e. The predicted molar refractivity (Wildman–Crippen MR) is 94.0 cm³/mol. The zero-order valence-electron chi connectivity index (χ0n) is 13.4. The number of hydrogen-bond donors (Lipinski definition) is 1. The minimum atomic E-state index is -0.371. The molecular weight excluding hydrogens is 305 g/mol. The van der Waals surface area contributed by atoms with E-state index in [-0.39, 0.29) is 11.7 Å². The van der Waals surface area contributed by atoms with E-state index < -0.39 is 0 Å². The predicted octanol–water partition coefficient (Wildman–Crippen LogP) is 3.58. The molecule has 124 valence electrons. The van der Waals surface area contributed by atoms with Crippen LogP contribution in [0.4, 0.5) is 10.1 Å². The molecule has 0 radical (unpaired) electrons. The van der Waals surface area contributed by atoms with Crippen molar-refractivity contribution in [1.82, 2.24) is 5.43 Å². The molecule has 0 atom stereocenters. The van der Waals surface area contributed by atoms with Gasteiger partial charge in [0, 0.05) is 24.3 Å². The molecule has 0 aliphatic carbocycles. The zero-order chi connectivity index (χ0) is 16.8. The van der Waals surface area contributed by atoms with Crippen LogP contribution < -0.4 is 10.3 Å². The standard InChI is InChI=1S/C19H20FN3O/c20-17-8-6-16(7-9-17)19(24)22-21-14-15-4-10-18(11-5-15)23-12-2-1-3-13-23/h4-11,14H,1-3,12-13H2,(H,22,24)/b21-14-. The van der Waals surface area contributed by atoms with Crippen LogP contribution in [0.15, 0.2) is 53.6 Å². The van der Waals surface area contributed by atoms with Crippen LogP contribution in [-0.2, 0) is 0 Å². The second kappa shape index (κ2) is 7.73. The second-order valence-corrected chi connectivity index (χ2v) is 5.85. The van der Waals surface area contributed by atoms with Gasteiger partial charge in [0.2, 0.25) is 0 Å². The van der Waals surface area contributed by atoms with Gasteiger partial charge in [-0.3, -0.25) is 4.79 Å². The minimum Gasteiger partial charge on any atom is -0.372 e. The van der Waals surface area contributed by atoms with E-state index in [4.69, 9.17) is 0 Å². The Balaban J connectivity index is 1.56. The number of benzene rings is 2. The summed E-state index contributed by atoms with van der Waals surface area (Å²) in [5.74, 6) is -0.736. The lowest BCUT2D eigenvalue weighted by molar-refractivity contribution is 0.0955. The highest BCUT2D eigenvalue weighted by molar-refractivity contribution is 5.94. The van der Waals surface area contributed by atoms with Gasteiger partial charge in [-0.05, 0) is 61.2 Å². The maximum absolute atomic E-state index is 12.8. The van der Waals surface area contributed by atoms with Crippen molar-refractivity contribution < 1.29 is 9.18 Å². The van der Waals surface area contributed by atoms with Gasteiger partial charge in [-0.25, -0.2) is 9.82 Å². The van der Waals surface area contributed by atoms with Gasteiger partial charge in [0.05, 0.1) is 6.21 Å². The Labute approximate surface area is 141 Å². The highest BCUT2D eigenvalue weighted by Gasteiger charge is 2.10. The third-order valence-electron chi connectivity index (χ3n) is 4.10. The lowest BCUT2D eigenvalue weighted by Gasteiger charge is -2.28. The van der Waals surface area contributed by atoms with E-state index in [9.17, 15) is 9.18 Å². The molecular formula is C19H20FN3O. The normalized spacial score (nSPS) is 14.8. The molecule has 2 aromatic carbocycles. The Bertz CT molecular complexity index is 704. The summed E-state index contributed by atoms with van der Waals surface area (Å²) in [6.07, 6.45) is 5.41. The average Bonchev–Trinajstić information content (AvgIpc) is 2.63. The molecule has 0 spiro atoms. The monoisotopic (exact) mass is 325 g/mol. The van der Waals surface area contributed by atoms with Gasteiger partial charge in [0.1, 0.15) is 5.82 Å². The molecule has 0 bridgehead atoms.